The van der Waals surface area contributed by atoms with Gasteiger partial charge in [0, 0.05) is 32.8 Å². The average molecular weight is 629 g/mol. The number of nitrogens with zero attached hydrogens (tertiary/aromatic N) is 2. The normalized spacial score (nSPS) is 24.9. The second kappa shape index (κ2) is 15.2. The predicted octanol–water partition coefficient (Wildman–Crippen LogP) is 7.51. The highest BCUT2D eigenvalue weighted by atomic mass is 32.2. The highest BCUT2D eigenvalue weighted by Gasteiger charge is 2.53. The van der Waals surface area contributed by atoms with Gasteiger partial charge in [-0.05, 0) is 68.0 Å². The zero-order chi connectivity index (χ0) is 31.1. The Hall–Kier alpha value is -1.55. The summed E-state index contributed by atoms with van der Waals surface area (Å²) in [4.78, 5) is 2.59. The molecule has 1 saturated heterocycles. The van der Waals surface area contributed by atoms with Gasteiger partial charge in [0.25, 0.3) is 0 Å². The summed E-state index contributed by atoms with van der Waals surface area (Å²) in [6, 6.07) is 22.2. The van der Waals surface area contributed by atoms with E-state index in [1.807, 2.05) is 0 Å². The highest BCUT2D eigenvalue weighted by Crippen LogP contribution is 2.44. The standard InChI is InChI=1S/C35H56N2O4SSi/c1-7-35(8-2)25-33(37(42(3,38)39)28-40-23-24-43(4,5)6)34(36(35)26-29-15-11-9-12-16-29)27-41-32-21-19-31(20-22-32)30-17-13-10-14-18-30/h9-18,31-34H,7-8,19-28H2,1-6H3/t31?,32?,33-,34-/m1/s1. The van der Waals surface area contributed by atoms with E-state index in [2.05, 4.69) is 99.1 Å². The fraction of sp³-hybridized carbons (Fsp3) is 0.657. The Labute approximate surface area is 263 Å². The summed E-state index contributed by atoms with van der Waals surface area (Å²) in [5, 5.41) is 0. The van der Waals surface area contributed by atoms with Crippen molar-refractivity contribution < 1.29 is 17.9 Å². The number of likely N-dealkylation sites (tertiary alicyclic amines) is 1. The zero-order valence-corrected chi connectivity index (χ0v) is 29.3. The van der Waals surface area contributed by atoms with Crippen LogP contribution in [0.3, 0.4) is 0 Å². The molecule has 1 saturated carbocycles. The lowest BCUT2D eigenvalue weighted by atomic mass is 9.83. The van der Waals surface area contributed by atoms with Crippen LogP contribution < -0.4 is 0 Å². The fourth-order valence-electron chi connectivity index (χ4n) is 7.20. The largest absolute Gasteiger partial charge is 0.377 e. The Morgan fingerprint density at radius 3 is 2.09 bits per heavy atom. The van der Waals surface area contributed by atoms with Gasteiger partial charge in [0.1, 0.15) is 6.73 Å². The summed E-state index contributed by atoms with van der Waals surface area (Å²) in [6.45, 7) is 13.5. The van der Waals surface area contributed by atoms with Crippen molar-refractivity contribution in [1.82, 2.24) is 9.21 Å². The molecule has 43 heavy (non-hydrogen) atoms. The third kappa shape index (κ3) is 9.24. The molecular formula is C35H56N2O4SSi. The Morgan fingerprint density at radius 1 is 0.930 bits per heavy atom. The van der Waals surface area contributed by atoms with Gasteiger partial charge >= 0.3 is 0 Å². The minimum Gasteiger partial charge on any atom is -0.377 e. The average Bonchev–Trinajstić information content (AvgIpc) is 3.28. The third-order valence-electron chi connectivity index (χ3n) is 10.0. The third-order valence-corrected chi connectivity index (χ3v) is 12.9. The Bertz CT molecular complexity index is 1210. The van der Waals surface area contributed by atoms with Gasteiger partial charge < -0.3 is 9.47 Å². The van der Waals surface area contributed by atoms with E-state index in [1.165, 1.54) is 17.4 Å². The van der Waals surface area contributed by atoms with Crippen LogP contribution in [-0.2, 0) is 26.0 Å². The van der Waals surface area contributed by atoms with Crippen LogP contribution in [0.25, 0.3) is 0 Å². The minimum absolute atomic E-state index is 0.0535. The molecule has 0 bridgehead atoms. The number of hydrogen-bond acceptors (Lipinski definition) is 5. The van der Waals surface area contributed by atoms with Gasteiger partial charge in [-0.25, -0.2) is 8.42 Å². The lowest BCUT2D eigenvalue weighted by Gasteiger charge is -2.41. The minimum atomic E-state index is -3.50. The molecule has 2 aromatic carbocycles. The van der Waals surface area contributed by atoms with Crippen molar-refractivity contribution in [3.63, 3.8) is 0 Å². The lowest BCUT2D eigenvalue weighted by molar-refractivity contribution is -0.0349. The summed E-state index contributed by atoms with van der Waals surface area (Å²) in [5.74, 6) is 0.594. The van der Waals surface area contributed by atoms with E-state index in [4.69, 9.17) is 9.47 Å². The number of hydrogen-bond donors (Lipinski definition) is 0. The molecule has 0 N–H and O–H groups in total. The van der Waals surface area contributed by atoms with E-state index < -0.39 is 18.1 Å². The second-order valence-electron chi connectivity index (χ2n) is 14.1. The van der Waals surface area contributed by atoms with E-state index in [0.29, 0.717) is 19.1 Å². The molecule has 1 heterocycles. The Morgan fingerprint density at radius 2 is 1.53 bits per heavy atom. The predicted molar refractivity (Wildman–Crippen MR) is 181 cm³/mol. The van der Waals surface area contributed by atoms with Crippen molar-refractivity contribution in [2.24, 2.45) is 0 Å². The molecule has 6 nitrogen and oxygen atoms in total. The van der Waals surface area contributed by atoms with E-state index in [0.717, 1.165) is 57.5 Å². The fourth-order valence-corrected chi connectivity index (χ4v) is 8.93. The maximum Gasteiger partial charge on any atom is 0.213 e. The molecule has 240 valence electrons. The Kier molecular flexibility index (Phi) is 12.1. The first-order valence-corrected chi connectivity index (χ1v) is 22.0. The first-order chi connectivity index (χ1) is 20.5. The highest BCUT2D eigenvalue weighted by molar-refractivity contribution is 7.88. The monoisotopic (exact) mass is 628 g/mol. The van der Waals surface area contributed by atoms with Gasteiger partial charge in [0.2, 0.25) is 10.0 Å². The van der Waals surface area contributed by atoms with Crippen LogP contribution in [0.1, 0.15) is 75.8 Å². The molecule has 2 aliphatic rings. The molecule has 4 rings (SSSR count). The SMILES string of the molecule is CCC1(CC)C[C@@H](N(COCC[Si](C)(C)C)S(C)(=O)=O)[C@@H](COC2CCC(c3ccccc3)CC2)N1Cc1ccccc1. The zero-order valence-electron chi connectivity index (χ0n) is 27.5. The molecule has 2 aromatic rings. The molecule has 0 amide bonds. The maximum absolute atomic E-state index is 13.4. The van der Waals surface area contributed by atoms with Crippen LogP contribution in [0.4, 0.5) is 0 Å². The van der Waals surface area contributed by atoms with Gasteiger partial charge in [0.05, 0.1) is 25.0 Å². The molecule has 8 heteroatoms. The van der Waals surface area contributed by atoms with Crippen LogP contribution in [-0.4, -0.2) is 75.6 Å². The topological polar surface area (TPSA) is 59.1 Å². The quantitative estimate of drug-likeness (QED) is 0.116. The molecule has 0 spiro atoms. The van der Waals surface area contributed by atoms with Crippen LogP contribution in [0.15, 0.2) is 60.7 Å². The summed E-state index contributed by atoms with van der Waals surface area (Å²) in [5.41, 5.74) is 2.57. The molecule has 0 radical (unpaired) electrons. The summed E-state index contributed by atoms with van der Waals surface area (Å²) < 4.78 is 41.3. The maximum atomic E-state index is 13.4. The first kappa shape index (κ1) is 34.3. The van der Waals surface area contributed by atoms with Gasteiger partial charge in [0.15, 0.2) is 0 Å². The second-order valence-corrected chi connectivity index (χ2v) is 21.7. The number of benzene rings is 2. The van der Waals surface area contributed by atoms with Crippen molar-refractivity contribution in [3.05, 3.63) is 71.8 Å². The molecule has 0 unspecified atom stereocenters. The van der Waals surface area contributed by atoms with Crippen LogP contribution in [0.2, 0.25) is 25.7 Å². The number of rotatable bonds is 15. The van der Waals surface area contributed by atoms with Gasteiger partial charge in [-0.15, -0.1) is 0 Å². The van der Waals surface area contributed by atoms with Crippen LogP contribution in [0.5, 0.6) is 0 Å². The molecule has 1 aliphatic heterocycles. The van der Waals surface area contributed by atoms with E-state index >= 15 is 0 Å². The van der Waals surface area contributed by atoms with E-state index in [1.54, 1.807) is 4.31 Å². The van der Waals surface area contributed by atoms with Gasteiger partial charge in [-0.3, -0.25) is 4.90 Å². The van der Waals surface area contributed by atoms with Crippen molar-refractivity contribution in [2.75, 3.05) is 26.2 Å². The molecular weight excluding hydrogens is 573 g/mol. The van der Waals surface area contributed by atoms with Crippen LogP contribution >= 0.6 is 0 Å². The molecule has 0 aromatic heterocycles. The van der Waals surface area contributed by atoms with Crippen molar-refractivity contribution >= 4 is 18.1 Å². The van der Waals surface area contributed by atoms with E-state index in [9.17, 15) is 8.42 Å². The number of sulfonamides is 1. The molecule has 2 fully saturated rings. The molecule has 1 aliphatic carbocycles. The van der Waals surface area contributed by atoms with Crippen molar-refractivity contribution in [2.45, 2.75) is 121 Å². The van der Waals surface area contributed by atoms with Crippen LogP contribution in [0, 0.1) is 0 Å². The molecule has 2 atom stereocenters. The lowest BCUT2D eigenvalue weighted by Crippen LogP contribution is -2.52. The summed E-state index contributed by atoms with van der Waals surface area (Å²) >= 11 is 0. The smallest absolute Gasteiger partial charge is 0.213 e. The van der Waals surface area contributed by atoms with Gasteiger partial charge in [-0.2, -0.15) is 4.31 Å². The van der Waals surface area contributed by atoms with Crippen molar-refractivity contribution in [3.8, 4) is 0 Å². The van der Waals surface area contributed by atoms with Gasteiger partial charge in [-0.1, -0.05) is 94.2 Å². The first-order valence-electron chi connectivity index (χ1n) is 16.5. The Balaban J connectivity index is 1.56. The van der Waals surface area contributed by atoms with Crippen molar-refractivity contribution in [1.29, 1.82) is 0 Å². The summed E-state index contributed by atoms with van der Waals surface area (Å²) in [7, 11) is -4.79. The number of ether oxygens (including phenoxy) is 2. The van der Waals surface area contributed by atoms with E-state index in [-0.39, 0.29) is 30.5 Å². The summed E-state index contributed by atoms with van der Waals surface area (Å²) in [6.07, 6.45) is 8.59.